The van der Waals surface area contributed by atoms with Gasteiger partial charge in [0.15, 0.2) is 0 Å². The van der Waals surface area contributed by atoms with E-state index in [1.165, 1.54) is 16.0 Å². The van der Waals surface area contributed by atoms with E-state index in [0.717, 1.165) is 12.2 Å². The van der Waals surface area contributed by atoms with Gasteiger partial charge in [-0.05, 0) is 39.3 Å². The van der Waals surface area contributed by atoms with Gasteiger partial charge in [-0.1, -0.05) is 29.3 Å². The summed E-state index contributed by atoms with van der Waals surface area (Å²) in [6, 6.07) is 10.4. The average molecular weight is 278 g/mol. The molecule has 0 aliphatic rings. The molecular weight excluding hydrogens is 256 g/mol. The predicted octanol–water partition coefficient (Wildman–Crippen LogP) is 4.46. The van der Waals surface area contributed by atoms with Crippen LogP contribution in [0.15, 0.2) is 46.4 Å². The van der Waals surface area contributed by atoms with Crippen LogP contribution in [0.1, 0.15) is 33.6 Å². The van der Waals surface area contributed by atoms with E-state index in [0.29, 0.717) is 13.0 Å². The Morgan fingerprint density at radius 2 is 1.79 bits per heavy atom. The minimum absolute atomic E-state index is 0.106. The predicted molar refractivity (Wildman–Crippen MR) is 81.4 cm³/mol. The summed E-state index contributed by atoms with van der Waals surface area (Å²) in [5, 5.41) is 0. The summed E-state index contributed by atoms with van der Waals surface area (Å²) in [5.74, 6) is 0.865. The van der Waals surface area contributed by atoms with Crippen molar-refractivity contribution in [2.45, 2.75) is 38.5 Å². The first-order valence-electron chi connectivity index (χ1n) is 6.62. The van der Waals surface area contributed by atoms with E-state index in [1.807, 2.05) is 24.8 Å². The smallest absolute Gasteiger partial charge is 0.306 e. The van der Waals surface area contributed by atoms with E-state index in [2.05, 4.69) is 38.1 Å². The Balaban J connectivity index is 2.39. The maximum atomic E-state index is 11.3. The number of rotatable bonds is 7. The summed E-state index contributed by atoms with van der Waals surface area (Å²) in [4.78, 5) is 12.6. The highest BCUT2D eigenvalue weighted by atomic mass is 32.2. The third kappa shape index (κ3) is 6.48. The quantitative estimate of drug-likeness (QED) is 0.418. The zero-order chi connectivity index (χ0) is 14.1. The largest absolute Gasteiger partial charge is 0.466 e. The molecule has 1 rings (SSSR count). The molecule has 0 heterocycles. The molecule has 2 nitrogen and oxygen atoms in total. The number of thioether (sulfide) groups is 1. The van der Waals surface area contributed by atoms with Gasteiger partial charge in [-0.2, -0.15) is 0 Å². The number of carbonyl (C=O) groups is 1. The number of benzene rings is 1. The van der Waals surface area contributed by atoms with Crippen LogP contribution in [0.4, 0.5) is 0 Å². The molecule has 0 unspecified atom stereocenters. The van der Waals surface area contributed by atoms with Gasteiger partial charge >= 0.3 is 5.97 Å². The van der Waals surface area contributed by atoms with Gasteiger partial charge in [-0.15, -0.1) is 11.8 Å². The number of hydrogen-bond acceptors (Lipinski definition) is 3. The van der Waals surface area contributed by atoms with E-state index >= 15 is 0 Å². The molecule has 0 spiro atoms. The number of esters is 1. The monoisotopic (exact) mass is 278 g/mol. The van der Waals surface area contributed by atoms with Crippen LogP contribution in [0, 0.1) is 0 Å². The molecule has 1 aromatic carbocycles. The lowest BCUT2D eigenvalue weighted by Crippen LogP contribution is -2.04. The molecule has 0 radical (unpaired) electrons. The Bertz CT molecular complexity index is 424. The molecule has 0 aliphatic heterocycles. The van der Waals surface area contributed by atoms with Crippen molar-refractivity contribution >= 4 is 17.7 Å². The van der Waals surface area contributed by atoms with Gasteiger partial charge in [0.25, 0.3) is 0 Å². The minimum Gasteiger partial charge on any atom is -0.466 e. The van der Waals surface area contributed by atoms with Gasteiger partial charge in [-0.3, -0.25) is 4.79 Å². The van der Waals surface area contributed by atoms with Crippen LogP contribution in [-0.2, 0) is 9.53 Å². The van der Waals surface area contributed by atoms with Crippen LogP contribution >= 0.6 is 11.8 Å². The molecule has 0 bridgehead atoms. The Morgan fingerprint density at radius 3 is 2.42 bits per heavy atom. The molecule has 0 saturated heterocycles. The molecule has 0 saturated carbocycles. The fraction of sp³-hybridized carbons (Fsp3) is 0.438. The third-order valence-electron chi connectivity index (χ3n) is 2.94. The van der Waals surface area contributed by atoms with Gasteiger partial charge in [0.2, 0.25) is 0 Å². The van der Waals surface area contributed by atoms with E-state index in [9.17, 15) is 4.79 Å². The van der Waals surface area contributed by atoms with Gasteiger partial charge in [0.1, 0.15) is 0 Å². The zero-order valence-corrected chi connectivity index (χ0v) is 12.8. The van der Waals surface area contributed by atoms with E-state index in [1.54, 1.807) is 0 Å². The maximum Gasteiger partial charge on any atom is 0.306 e. The van der Waals surface area contributed by atoms with Gasteiger partial charge in [0, 0.05) is 17.1 Å². The van der Waals surface area contributed by atoms with Crippen molar-refractivity contribution in [1.82, 2.24) is 0 Å². The van der Waals surface area contributed by atoms with Crippen LogP contribution in [0.3, 0.4) is 0 Å². The molecule has 0 amide bonds. The maximum absolute atomic E-state index is 11.3. The first kappa shape index (κ1) is 15.8. The highest BCUT2D eigenvalue weighted by Crippen LogP contribution is 2.22. The average Bonchev–Trinajstić information content (AvgIpc) is 2.43. The van der Waals surface area contributed by atoms with Crippen LogP contribution in [0.25, 0.3) is 0 Å². The van der Waals surface area contributed by atoms with Gasteiger partial charge in [-0.25, -0.2) is 0 Å². The van der Waals surface area contributed by atoms with Crippen molar-refractivity contribution < 1.29 is 9.53 Å². The summed E-state index contributed by atoms with van der Waals surface area (Å²) < 4.78 is 4.93. The second-order valence-electron chi connectivity index (χ2n) is 4.47. The fourth-order valence-corrected chi connectivity index (χ4v) is 2.55. The molecule has 0 aliphatic carbocycles. The third-order valence-corrected chi connectivity index (χ3v) is 4.12. The summed E-state index contributed by atoms with van der Waals surface area (Å²) >= 11 is 1.83. The fourth-order valence-electron chi connectivity index (χ4n) is 1.57. The Labute approximate surface area is 120 Å². The SMILES string of the molecule is CCOC(=O)CCC(C)=C(C)CSc1ccccc1. The first-order valence-corrected chi connectivity index (χ1v) is 7.60. The molecule has 0 N–H and O–H groups in total. The zero-order valence-electron chi connectivity index (χ0n) is 11.9. The Morgan fingerprint density at radius 1 is 1.11 bits per heavy atom. The second kappa shape index (κ2) is 8.81. The summed E-state index contributed by atoms with van der Waals surface area (Å²) in [5.41, 5.74) is 2.63. The molecule has 0 aromatic heterocycles. The number of hydrogen-bond donors (Lipinski definition) is 0. The summed E-state index contributed by atoms with van der Waals surface area (Å²) in [6.45, 7) is 6.53. The van der Waals surface area contributed by atoms with Crippen LogP contribution in [-0.4, -0.2) is 18.3 Å². The molecule has 104 valence electrons. The van der Waals surface area contributed by atoms with Gasteiger partial charge < -0.3 is 4.74 Å². The highest BCUT2D eigenvalue weighted by molar-refractivity contribution is 7.99. The van der Waals surface area contributed by atoms with Crippen LogP contribution < -0.4 is 0 Å². The first-order chi connectivity index (χ1) is 9.13. The van der Waals surface area contributed by atoms with Crippen LogP contribution in [0.2, 0.25) is 0 Å². The Kier molecular flexibility index (Phi) is 7.34. The number of carbonyl (C=O) groups excluding carboxylic acids is 1. The molecule has 3 heteroatoms. The lowest BCUT2D eigenvalue weighted by molar-refractivity contribution is -0.143. The van der Waals surface area contributed by atoms with Crippen molar-refractivity contribution in [3.05, 3.63) is 41.5 Å². The normalized spacial score (nSPS) is 11.9. The molecule has 0 atom stereocenters. The standard InChI is InChI=1S/C16H22O2S/c1-4-18-16(17)11-10-13(2)14(3)12-19-15-8-6-5-7-9-15/h5-9H,4,10-12H2,1-3H3. The molecule has 19 heavy (non-hydrogen) atoms. The summed E-state index contributed by atoms with van der Waals surface area (Å²) in [7, 11) is 0. The van der Waals surface area contributed by atoms with Crippen molar-refractivity contribution in [2.75, 3.05) is 12.4 Å². The van der Waals surface area contributed by atoms with Crippen LogP contribution in [0.5, 0.6) is 0 Å². The lowest BCUT2D eigenvalue weighted by Gasteiger charge is -2.08. The van der Waals surface area contributed by atoms with E-state index < -0.39 is 0 Å². The molecular formula is C16H22O2S. The molecule has 1 aromatic rings. The summed E-state index contributed by atoms with van der Waals surface area (Å²) in [6.07, 6.45) is 1.27. The van der Waals surface area contributed by atoms with E-state index in [-0.39, 0.29) is 5.97 Å². The molecule has 0 fully saturated rings. The van der Waals surface area contributed by atoms with Gasteiger partial charge in [0.05, 0.1) is 6.61 Å². The van der Waals surface area contributed by atoms with E-state index in [4.69, 9.17) is 4.74 Å². The topological polar surface area (TPSA) is 26.3 Å². The van der Waals surface area contributed by atoms with Crippen molar-refractivity contribution in [2.24, 2.45) is 0 Å². The van der Waals surface area contributed by atoms with Crippen molar-refractivity contribution in [1.29, 1.82) is 0 Å². The lowest BCUT2D eigenvalue weighted by atomic mass is 10.1. The minimum atomic E-state index is -0.106. The number of allylic oxidation sites excluding steroid dienone is 1. The second-order valence-corrected chi connectivity index (χ2v) is 5.52. The van der Waals surface area contributed by atoms with Crippen molar-refractivity contribution in [3.63, 3.8) is 0 Å². The highest BCUT2D eigenvalue weighted by Gasteiger charge is 2.04. The van der Waals surface area contributed by atoms with Crippen molar-refractivity contribution in [3.8, 4) is 0 Å². The number of ether oxygens (including phenoxy) is 1. The Hall–Kier alpha value is -1.22.